The normalized spacial score (nSPS) is 25.3. The van der Waals surface area contributed by atoms with Crippen LogP contribution in [0.3, 0.4) is 0 Å². The predicted octanol–water partition coefficient (Wildman–Crippen LogP) is 4.08. The van der Waals surface area contributed by atoms with Gasteiger partial charge in [0.25, 0.3) is 0 Å². The number of hydrogen-bond acceptors (Lipinski definition) is 4. The van der Waals surface area contributed by atoms with Crippen LogP contribution >= 0.6 is 0 Å². The second-order valence-corrected chi connectivity index (χ2v) is 8.81. The summed E-state index contributed by atoms with van der Waals surface area (Å²) in [5.74, 6) is 0.676. The third kappa shape index (κ3) is 5.44. The van der Waals surface area contributed by atoms with Crippen molar-refractivity contribution >= 4 is 0 Å². The van der Waals surface area contributed by atoms with Gasteiger partial charge in [0.05, 0.1) is 5.69 Å². The molecule has 1 aliphatic carbocycles. The molecule has 1 saturated heterocycles. The van der Waals surface area contributed by atoms with Crippen LogP contribution in [0.2, 0.25) is 0 Å². The topological polar surface area (TPSA) is 63.0 Å². The van der Waals surface area contributed by atoms with Gasteiger partial charge < -0.3 is 16.4 Å². The van der Waals surface area contributed by atoms with Gasteiger partial charge in [0.15, 0.2) is 0 Å². The Morgan fingerprint density at radius 3 is 2.90 bits per heavy atom. The molecule has 1 aromatic heterocycles. The third-order valence-electron chi connectivity index (χ3n) is 6.72. The van der Waals surface area contributed by atoms with E-state index in [0.29, 0.717) is 24.0 Å². The highest BCUT2D eigenvalue weighted by atomic mass is 15.0. The molecular formula is C25H36N4. The fourth-order valence-electron chi connectivity index (χ4n) is 5.25. The Balaban J connectivity index is 1.41. The van der Waals surface area contributed by atoms with E-state index in [4.69, 9.17) is 10.7 Å². The first-order chi connectivity index (χ1) is 14.3. The van der Waals surface area contributed by atoms with E-state index in [1.807, 2.05) is 6.20 Å². The molecule has 0 saturated carbocycles. The van der Waals surface area contributed by atoms with Gasteiger partial charge in [0, 0.05) is 24.3 Å². The minimum absolute atomic E-state index is 0.385. The molecule has 0 spiro atoms. The van der Waals surface area contributed by atoms with Crippen LogP contribution in [0.4, 0.5) is 0 Å². The Hall–Kier alpha value is -1.75. The number of rotatable bonds is 8. The van der Waals surface area contributed by atoms with Crippen molar-refractivity contribution in [3.63, 3.8) is 0 Å². The number of nitrogens with one attached hydrogen (secondary N) is 2. The monoisotopic (exact) mass is 392 g/mol. The molecule has 0 radical (unpaired) electrons. The zero-order chi connectivity index (χ0) is 19.9. The fourth-order valence-corrected chi connectivity index (χ4v) is 5.25. The lowest BCUT2D eigenvalue weighted by Crippen LogP contribution is -2.44. The highest BCUT2D eigenvalue weighted by molar-refractivity contribution is 5.25. The standard InChI is InChI=1S/C25H36N4/c26-14-5-11-22(29-24-12-4-9-20-10-6-15-28-25(20)24)18-23-17-21(13-16-27-23)19-7-2-1-3-8-19/h1-3,6-8,10,15,21-24,27,29H,4-5,9,11-14,16-18,26H2/t21?,22?,23-,24+/m1/s1. The van der Waals surface area contributed by atoms with Gasteiger partial charge in [0.1, 0.15) is 0 Å². The van der Waals surface area contributed by atoms with Gasteiger partial charge in [-0.1, -0.05) is 36.4 Å². The Labute approximate surface area is 175 Å². The number of hydrogen-bond donors (Lipinski definition) is 3. The van der Waals surface area contributed by atoms with E-state index in [9.17, 15) is 0 Å². The molecule has 2 unspecified atom stereocenters. The maximum atomic E-state index is 5.86. The Morgan fingerprint density at radius 2 is 2.03 bits per heavy atom. The smallest absolute Gasteiger partial charge is 0.0605 e. The minimum atomic E-state index is 0.385. The molecule has 2 aliphatic rings. The predicted molar refractivity (Wildman–Crippen MR) is 120 cm³/mol. The summed E-state index contributed by atoms with van der Waals surface area (Å²) in [5.41, 5.74) is 10.1. The first-order valence-corrected chi connectivity index (χ1v) is 11.5. The number of pyridine rings is 1. The SMILES string of the molecule is NCCCC(C[C@H]1CC(c2ccccc2)CCN1)N[C@H]1CCCc2cccnc21. The van der Waals surface area contributed by atoms with E-state index in [0.717, 1.165) is 32.4 Å². The number of nitrogens with two attached hydrogens (primary N) is 1. The molecule has 4 heteroatoms. The minimum Gasteiger partial charge on any atom is -0.330 e. The summed E-state index contributed by atoms with van der Waals surface area (Å²) >= 11 is 0. The Kier molecular flexibility index (Phi) is 7.31. The van der Waals surface area contributed by atoms with E-state index in [1.54, 1.807) is 0 Å². The van der Waals surface area contributed by atoms with Crippen LogP contribution in [0.1, 0.15) is 73.7 Å². The summed E-state index contributed by atoms with van der Waals surface area (Å²) in [5, 5.41) is 7.79. The molecule has 4 N–H and O–H groups in total. The fraction of sp³-hybridized carbons (Fsp3) is 0.560. The van der Waals surface area contributed by atoms with E-state index in [1.165, 1.54) is 48.9 Å². The zero-order valence-corrected chi connectivity index (χ0v) is 17.5. The van der Waals surface area contributed by atoms with Crippen LogP contribution in [-0.4, -0.2) is 30.2 Å². The van der Waals surface area contributed by atoms with Gasteiger partial charge in [-0.3, -0.25) is 4.98 Å². The van der Waals surface area contributed by atoms with E-state index in [-0.39, 0.29) is 0 Å². The molecular weight excluding hydrogens is 356 g/mol. The summed E-state index contributed by atoms with van der Waals surface area (Å²) < 4.78 is 0. The summed E-state index contributed by atoms with van der Waals surface area (Å²) in [6, 6.07) is 16.8. The second kappa shape index (κ2) is 10.3. The first-order valence-electron chi connectivity index (χ1n) is 11.5. The average Bonchev–Trinajstić information content (AvgIpc) is 2.78. The molecule has 1 aromatic carbocycles. The van der Waals surface area contributed by atoms with Crippen molar-refractivity contribution < 1.29 is 0 Å². The van der Waals surface area contributed by atoms with Crippen molar-refractivity contribution in [2.75, 3.05) is 13.1 Å². The number of aromatic nitrogens is 1. The molecule has 4 nitrogen and oxygen atoms in total. The van der Waals surface area contributed by atoms with Crippen LogP contribution in [-0.2, 0) is 6.42 Å². The molecule has 0 amide bonds. The van der Waals surface area contributed by atoms with Crippen LogP contribution in [0.5, 0.6) is 0 Å². The van der Waals surface area contributed by atoms with Crippen LogP contribution in [0.15, 0.2) is 48.7 Å². The second-order valence-electron chi connectivity index (χ2n) is 8.81. The maximum Gasteiger partial charge on any atom is 0.0605 e. The summed E-state index contributed by atoms with van der Waals surface area (Å²) in [4.78, 5) is 4.73. The molecule has 2 heterocycles. The highest BCUT2D eigenvalue weighted by Gasteiger charge is 2.28. The van der Waals surface area contributed by atoms with Gasteiger partial charge in [-0.05, 0) is 87.6 Å². The van der Waals surface area contributed by atoms with Crippen molar-refractivity contribution in [1.82, 2.24) is 15.6 Å². The van der Waals surface area contributed by atoms with Gasteiger partial charge in [-0.2, -0.15) is 0 Å². The van der Waals surface area contributed by atoms with Crippen molar-refractivity contribution in [2.45, 2.75) is 75.4 Å². The lowest BCUT2D eigenvalue weighted by atomic mass is 9.83. The molecule has 4 atom stereocenters. The summed E-state index contributed by atoms with van der Waals surface area (Å²) in [6.07, 6.45) is 11.4. The zero-order valence-electron chi connectivity index (χ0n) is 17.5. The average molecular weight is 393 g/mol. The summed E-state index contributed by atoms with van der Waals surface area (Å²) in [6.45, 7) is 1.88. The number of aryl methyl sites for hydroxylation is 1. The number of benzene rings is 1. The quantitative estimate of drug-likeness (QED) is 0.633. The van der Waals surface area contributed by atoms with Gasteiger partial charge in [-0.25, -0.2) is 0 Å². The largest absolute Gasteiger partial charge is 0.330 e. The van der Waals surface area contributed by atoms with Crippen molar-refractivity contribution in [3.05, 3.63) is 65.5 Å². The van der Waals surface area contributed by atoms with Crippen LogP contribution in [0, 0.1) is 0 Å². The van der Waals surface area contributed by atoms with Crippen molar-refractivity contribution in [2.24, 2.45) is 5.73 Å². The number of nitrogens with zero attached hydrogens (tertiary/aromatic N) is 1. The van der Waals surface area contributed by atoms with Crippen LogP contribution in [0.25, 0.3) is 0 Å². The number of fused-ring (bicyclic) bond motifs is 1. The molecule has 1 fully saturated rings. The third-order valence-corrected chi connectivity index (χ3v) is 6.72. The van der Waals surface area contributed by atoms with Crippen molar-refractivity contribution in [1.29, 1.82) is 0 Å². The Morgan fingerprint density at radius 1 is 1.14 bits per heavy atom. The first kappa shape index (κ1) is 20.5. The number of piperidine rings is 1. The molecule has 1 aliphatic heterocycles. The van der Waals surface area contributed by atoms with E-state index in [2.05, 4.69) is 53.1 Å². The molecule has 156 valence electrons. The molecule has 0 bridgehead atoms. The van der Waals surface area contributed by atoms with E-state index < -0.39 is 0 Å². The van der Waals surface area contributed by atoms with Crippen LogP contribution < -0.4 is 16.4 Å². The Bertz CT molecular complexity index is 747. The lowest BCUT2D eigenvalue weighted by Gasteiger charge is -2.35. The lowest BCUT2D eigenvalue weighted by molar-refractivity contribution is 0.282. The molecule has 4 rings (SSSR count). The summed E-state index contributed by atoms with van der Waals surface area (Å²) in [7, 11) is 0. The van der Waals surface area contributed by atoms with Gasteiger partial charge >= 0.3 is 0 Å². The highest BCUT2D eigenvalue weighted by Crippen LogP contribution is 2.31. The van der Waals surface area contributed by atoms with E-state index >= 15 is 0 Å². The van der Waals surface area contributed by atoms with Gasteiger partial charge in [-0.15, -0.1) is 0 Å². The molecule has 29 heavy (non-hydrogen) atoms. The van der Waals surface area contributed by atoms with Gasteiger partial charge in [0.2, 0.25) is 0 Å². The maximum absolute atomic E-state index is 5.86. The van der Waals surface area contributed by atoms with Crippen molar-refractivity contribution in [3.8, 4) is 0 Å². The molecule has 2 aromatic rings.